The molecule has 0 aromatic carbocycles. The highest BCUT2D eigenvalue weighted by molar-refractivity contribution is 5.76. The Labute approximate surface area is 109 Å². The van der Waals surface area contributed by atoms with E-state index in [1.165, 1.54) is 0 Å². The Morgan fingerprint density at radius 3 is 2.56 bits per heavy atom. The van der Waals surface area contributed by atoms with Crippen molar-refractivity contribution in [2.75, 3.05) is 13.1 Å². The van der Waals surface area contributed by atoms with Gasteiger partial charge in [-0.25, -0.2) is 0 Å². The van der Waals surface area contributed by atoms with Gasteiger partial charge in [-0.3, -0.25) is 4.79 Å². The minimum Gasteiger partial charge on any atom is -0.361 e. The van der Waals surface area contributed by atoms with E-state index in [4.69, 9.17) is 4.52 Å². The molecule has 0 aliphatic rings. The highest BCUT2D eigenvalue weighted by Crippen LogP contribution is 2.15. The number of rotatable bonds is 7. The lowest BCUT2D eigenvalue weighted by atomic mass is 10.1. The molecule has 4 nitrogen and oxygen atoms in total. The van der Waals surface area contributed by atoms with Crippen molar-refractivity contribution in [3.63, 3.8) is 0 Å². The summed E-state index contributed by atoms with van der Waals surface area (Å²) in [5, 5.41) is 3.91. The second-order valence-electron chi connectivity index (χ2n) is 4.63. The normalized spacial score (nSPS) is 10.7. The first kappa shape index (κ1) is 14.7. The summed E-state index contributed by atoms with van der Waals surface area (Å²) in [5.41, 5.74) is 1.98. The van der Waals surface area contributed by atoms with E-state index in [0.29, 0.717) is 6.42 Å². The molecule has 1 amide bonds. The number of nitrogens with zero attached hydrogens (tertiary/aromatic N) is 2. The zero-order valence-corrected chi connectivity index (χ0v) is 12.0. The number of carbonyl (C=O) groups excluding carboxylic acids is 1. The Kier molecular flexibility index (Phi) is 5.89. The molecule has 0 bridgehead atoms. The Morgan fingerprint density at radius 2 is 2.06 bits per heavy atom. The topological polar surface area (TPSA) is 46.3 Å². The second-order valence-corrected chi connectivity index (χ2v) is 4.63. The van der Waals surface area contributed by atoms with Gasteiger partial charge in [0.2, 0.25) is 5.91 Å². The number of hydrogen-bond donors (Lipinski definition) is 0. The minimum absolute atomic E-state index is 0.228. The van der Waals surface area contributed by atoms with Gasteiger partial charge in [-0.1, -0.05) is 18.5 Å². The molecule has 1 aromatic rings. The van der Waals surface area contributed by atoms with Crippen molar-refractivity contribution in [3.05, 3.63) is 17.0 Å². The fourth-order valence-corrected chi connectivity index (χ4v) is 2.06. The fourth-order valence-electron chi connectivity index (χ4n) is 2.06. The van der Waals surface area contributed by atoms with Gasteiger partial charge < -0.3 is 9.42 Å². The molecule has 0 atom stereocenters. The standard InChI is InChI=1S/C14H24N2O2/c1-5-7-10-16(6-2)14(17)9-8-13-11(3)15-18-12(13)4/h5-10H2,1-4H3. The fraction of sp³-hybridized carbons (Fsp3) is 0.714. The molecular formula is C14H24N2O2. The average Bonchev–Trinajstić information content (AvgIpc) is 2.67. The van der Waals surface area contributed by atoms with Crippen LogP contribution in [-0.2, 0) is 11.2 Å². The van der Waals surface area contributed by atoms with Crippen molar-refractivity contribution in [2.45, 2.75) is 53.4 Å². The lowest BCUT2D eigenvalue weighted by Gasteiger charge is -2.20. The number of carbonyl (C=O) groups is 1. The monoisotopic (exact) mass is 252 g/mol. The molecule has 0 N–H and O–H groups in total. The summed E-state index contributed by atoms with van der Waals surface area (Å²) in [6.07, 6.45) is 3.46. The van der Waals surface area contributed by atoms with Crippen molar-refractivity contribution in [1.29, 1.82) is 0 Å². The maximum absolute atomic E-state index is 12.1. The van der Waals surface area contributed by atoms with Crippen molar-refractivity contribution in [2.24, 2.45) is 0 Å². The number of unbranched alkanes of at least 4 members (excludes halogenated alkanes) is 1. The van der Waals surface area contributed by atoms with Crippen LogP contribution in [0.5, 0.6) is 0 Å². The SMILES string of the molecule is CCCCN(CC)C(=O)CCc1c(C)noc1C. The Hall–Kier alpha value is -1.32. The van der Waals surface area contributed by atoms with Crippen molar-refractivity contribution in [3.8, 4) is 0 Å². The molecule has 0 unspecified atom stereocenters. The number of amides is 1. The largest absolute Gasteiger partial charge is 0.361 e. The lowest BCUT2D eigenvalue weighted by molar-refractivity contribution is -0.131. The van der Waals surface area contributed by atoms with E-state index in [1.807, 2.05) is 25.7 Å². The van der Waals surface area contributed by atoms with E-state index in [0.717, 1.165) is 49.4 Å². The van der Waals surface area contributed by atoms with E-state index < -0.39 is 0 Å². The zero-order valence-electron chi connectivity index (χ0n) is 12.0. The molecule has 0 aliphatic carbocycles. The Balaban J connectivity index is 2.49. The Morgan fingerprint density at radius 1 is 1.33 bits per heavy atom. The van der Waals surface area contributed by atoms with Crippen molar-refractivity contribution < 1.29 is 9.32 Å². The van der Waals surface area contributed by atoms with E-state index in [1.54, 1.807) is 0 Å². The van der Waals surface area contributed by atoms with Crippen LogP contribution >= 0.6 is 0 Å². The second kappa shape index (κ2) is 7.19. The minimum atomic E-state index is 0.228. The molecular weight excluding hydrogens is 228 g/mol. The summed E-state index contributed by atoms with van der Waals surface area (Å²) >= 11 is 0. The first-order valence-corrected chi connectivity index (χ1v) is 6.79. The third kappa shape index (κ3) is 3.86. The van der Waals surface area contributed by atoms with Gasteiger partial charge in [0, 0.05) is 25.1 Å². The first-order chi connectivity index (χ1) is 8.60. The van der Waals surface area contributed by atoms with Crippen molar-refractivity contribution >= 4 is 5.91 Å². The quantitative estimate of drug-likeness (QED) is 0.749. The van der Waals surface area contributed by atoms with Crippen molar-refractivity contribution in [1.82, 2.24) is 10.1 Å². The lowest BCUT2D eigenvalue weighted by Crippen LogP contribution is -2.31. The molecule has 0 fully saturated rings. The van der Waals surface area contributed by atoms with Gasteiger partial charge in [0.05, 0.1) is 5.69 Å². The van der Waals surface area contributed by atoms with Crippen LogP contribution in [0.3, 0.4) is 0 Å². The summed E-state index contributed by atoms with van der Waals surface area (Å²) in [6.45, 7) is 9.65. The summed E-state index contributed by atoms with van der Waals surface area (Å²) in [6, 6.07) is 0. The predicted molar refractivity (Wildman–Crippen MR) is 71.5 cm³/mol. The van der Waals surface area contributed by atoms with Crippen LogP contribution in [0.25, 0.3) is 0 Å². The third-order valence-electron chi connectivity index (χ3n) is 3.29. The summed E-state index contributed by atoms with van der Waals surface area (Å²) in [7, 11) is 0. The molecule has 102 valence electrons. The van der Waals surface area contributed by atoms with Gasteiger partial charge in [-0.05, 0) is 33.6 Å². The summed E-state index contributed by atoms with van der Waals surface area (Å²) in [5.74, 6) is 1.06. The predicted octanol–water partition coefficient (Wildman–Crippen LogP) is 2.87. The van der Waals surface area contributed by atoms with Crippen LogP contribution in [0.2, 0.25) is 0 Å². The average molecular weight is 252 g/mol. The molecule has 4 heteroatoms. The maximum atomic E-state index is 12.1. The van der Waals surface area contributed by atoms with Gasteiger partial charge in [0.15, 0.2) is 0 Å². The van der Waals surface area contributed by atoms with Gasteiger partial charge in [0.25, 0.3) is 0 Å². The molecule has 1 heterocycles. The van der Waals surface area contributed by atoms with E-state index >= 15 is 0 Å². The van der Waals surface area contributed by atoms with Crippen LogP contribution in [0.4, 0.5) is 0 Å². The van der Waals surface area contributed by atoms with E-state index in [2.05, 4.69) is 12.1 Å². The van der Waals surface area contributed by atoms with Gasteiger partial charge in [0.1, 0.15) is 5.76 Å². The van der Waals surface area contributed by atoms with Gasteiger partial charge in [-0.2, -0.15) is 0 Å². The van der Waals surface area contributed by atoms with E-state index in [-0.39, 0.29) is 5.91 Å². The van der Waals surface area contributed by atoms with Crippen LogP contribution in [0.15, 0.2) is 4.52 Å². The number of aromatic nitrogens is 1. The highest BCUT2D eigenvalue weighted by Gasteiger charge is 2.14. The zero-order chi connectivity index (χ0) is 13.5. The number of aryl methyl sites for hydroxylation is 2. The Bertz CT molecular complexity index is 366. The molecule has 18 heavy (non-hydrogen) atoms. The van der Waals surface area contributed by atoms with Gasteiger partial charge >= 0.3 is 0 Å². The van der Waals surface area contributed by atoms with Crippen LogP contribution in [0.1, 0.15) is 50.1 Å². The van der Waals surface area contributed by atoms with Crippen LogP contribution in [-0.4, -0.2) is 29.1 Å². The molecule has 0 saturated carbocycles. The first-order valence-electron chi connectivity index (χ1n) is 6.79. The summed E-state index contributed by atoms with van der Waals surface area (Å²) < 4.78 is 5.10. The smallest absolute Gasteiger partial charge is 0.222 e. The molecule has 1 aromatic heterocycles. The molecule has 0 saturated heterocycles. The van der Waals surface area contributed by atoms with Gasteiger partial charge in [-0.15, -0.1) is 0 Å². The third-order valence-corrected chi connectivity index (χ3v) is 3.29. The van der Waals surface area contributed by atoms with Crippen LogP contribution < -0.4 is 0 Å². The molecule has 0 aliphatic heterocycles. The molecule has 0 spiro atoms. The summed E-state index contributed by atoms with van der Waals surface area (Å²) in [4.78, 5) is 14.0. The highest BCUT2D eigenvalue weighted by atomic mass is 16.5. The maximum Gasteiger partial charge on any atom is 0.222 e. The van der Waals surface area contributed by atoms with Crippen LogP contribution in [0, 0.1) is 13.8 Å². The molecule has 0 radical (unpaired) electrons. The van der Waals surface area contributed by atoms with E-state index in [9.17, 15) is 4.79 Å². The number of hydrogen-bond acceptors (Lipinski definition) is 3. The molecule has 1 rings (SSSR count).